The first-order valence-corrected chi connectivity index (χ1v) is 11.4. The summed E-state index contributed by atoms with van der Waals surface area (Å²) in [4.78, 5) is 28.7. The smallest absolute Gasteiger partial charge is 0.256 e. The molecule has 2 aromatic heterocycles. The molecule has 9 heteroatoms. The van der Waals surface area contributed by atoms with Crippen LogP contribution in [0.2, 0.25) is 5.02 Å². The Labute approximate surface area is 195 Å². The fourth-order valence-corrected chi connectivity index (χ4v) is 5.03. The number of aromatic nitrogens is 5. The highest BCUT2D eigenvalue weighted by Gasteiger charge is 2.44. The largest absolute Gasteiger partial charge is 0.350 e. The second-order valence-electron chi connectivity index (χ2n) is 8.72. The van der Waals surface area contributed by atoms with Crippen LogP contribution in [0.25, 0.3) is 16.7 Å². The van der Waals surface area contributed by atoms with Crippen molar-refractivity contribution < 1.29 is 4.79 Å². The Balaban J connectivity index is 1.26. The van der Waals surface area contributed by atoms with Gasteiger partial charge in [-0.15, -0.1) is 0 Å². The number of fused-ring (bicyclic) bond motifs is 2. The van der Waals surface area contributed by atoms with Gasteiger partial charge in [0.25, 0.3) is 5.91 Å². The van der Waals surface area contributed by atoms with Crippen molar-refractivity contribution in [3.63, 3.8) is 0 Å². The minimum Gasteiger partial charge on any atom is -0.350 e. The fourth-order valence-electron chi connectivity index (χ4n) is 4.86. The van der Waals surface area contributed by atoms with E-state index in [4.69, 9.17) is 16.6 Å². The van der Waals surface area contributed by atoms with Crippen molar-refractivity contribution >= 4 is 34.4 Å². The van der Waals surface area contributed by atoms with E-state index < -0.39 is 0 Å². The second kappa shape index (κ2) is 7.81. The molecule has 0 radical (unpaired) electrons. The summed E-state index contributed by atoms with van der Waals surface area (Å²) in [5.41, 5.74) is 3.95. The normalized spacial score (nSPS) is 19.9. The number of amides is 1. The molecule has 2 saturated heterocycles. The Morgan fingerprint density at radius 1 is 1.06 bits per heavy atom. The van der Waals surface area contributed by atoms with Crippen LogP contribution in [0.1, 0.15) is 22.3 Å². The summed E-state index contributed by atoms with van der Waals surface area (Å²) in [5, 5.41) is 9.10. The molecule has 0 unspecified atom stereocenters. The average molecular weight is 460 g/mol. The van der Waals surface area contributed by atoms with E-state index in [-0.39, 0.29) is 11.9 Å². The van der Waals surface area contributed by atoms with Gasteiger partial charge in [-0.25, -0.2) is 4.98 Å². The van der Waals surface area contributed by atoms with Gasteiger partial charge < -0.3 is 9.80 Å². The Bertz CT molecular complexity index is 1360. The van der Waals surface area contributed by atoms with E-state index >= 15 is 0 Å². The van der Waals surface area contributed by atoms with Crippen molar-refractivity contribution in [3.05, 3.63) is 71.1 Å². The van der Waals surface area contributed by atoms with Crippen molar-refractivity contribution in [2.75, 3.05) is 24.5 Å². The SMILES string of the molecule is Cc1ccc(-n2nccn2)c(C(=O)N2CC[C@H]3CN(c4cnc5cc(Cl)ccc5n4)[C@H]3C2)c1. The quantitative estimate of drug-likeness (QED) is 0.466. The minimum atomic E-state index is 0.00976. The van der Waals surface area contributed by atoms with Gasteiger partial charge in [-0.2, -0.15) is 15.0 Å². The predicted octanol–water partition coefficient (Wildman–Crippen LogP) is 3.52. The molecule has 2 aliphatic heterocycles. The van der Waals surface area contributed by atoms with E-state index in [9.17, 15) is 4.79 Å². The second-order valence-corrected chi connectivity index (χ2v) is 9.16. The molecule has 2 aliphatic rings. The Morgan fingerprint density at radius 2 is 1.91 bits per heavy atom. The van der Waals surface area contributed by atoms with E-state index in [1.807, 2.05) is 48.2 Å². The predicted molar refractivity (Wildman–Crippen MR) is 126 cm³/mol. The van der Waals surface area contributed by atoms with Crippen LogP contribution >= 0.6 is 11.6 Å². The number of anilines is 1. The Kier molecular flexibility index (Phi) is 4.76. The van der Waals surface area contributed by atoms with Crippen LogP contribution in [0, 0.1) is 12.8 Å². The number of carbonyl (C=O) groups is 1. The topological polar surface area (TPSA) is 80.0 Å². The first kappa shape index (κ1) is 20.1. The molecule has 4 aromatic rings. The van der Waals surface area contributed by atoms with Crippen LogP contribution in [0.5, 0.6) is 0 Å². The van der Waals surface area contributed by atoms with Gasteiger partial charge in [0.05, 0.1) is 46.9 Å². The van der Waals surface area contributed by atoms with Crippen LogP contribution in [-0.2, 0) is 0 Å². The molecule has 2 fully saturated rings. The summed E-state index contributed by atoms with van der Waals surface area (Å²) in [6.45, 7) is 4.33. The molecule has 0 saturated carbocycles. The molecule has 33 heavy (non-hydrogen) atoms. The van der Waals surface area contributed by atoms with Crippen molar-refractivity contribution in [3.8, 4) is 5.69 Å². The monoisotopic (exact) mass is 459 g/mol. The summed E-state index contributed by atoms with van der Waals surface area (Å²) in [7, 11) is 0. The zero-order valence-corrected chi connectivity index (χ0v) is 18.9. The number of hydrogen-bond donors (Lipinski definition) is 0. The van der Waals surface area contributed by atoms with Gasteiger partial charge in [0.1, 0.15) is 5.82 Å². The molecule has 2 aromatic carbocycles. The van der Waals surface area contributed by atoms with Crippen LogP contribution in [-0.4, -0.2) is 61.4 Å². The first-order valence-electron chi connectivity index (χ1n) is 11.0. The first-order chi connectivity index (χ1) is 16.1. The summed E-state index contributed by atoms with van der Waals surface area (Å²) in [6.07, 6.45) is 6.01. The third-order valence-corrected chi connectivity index (χ3v) is 6.88. The van der Waals surface area contributed by atoms with Crippen molar-refractivity contribution in [1.29, 1.82) is 0 Å². The molecule has 8 nitrogen and oxygen atoms in total. The van der Waals surface area contributed by atoms with Crippen LogP contribution in [0.3, 0.4) is 0 Å². The van der Waals surface area contributed by atoms with Crippen LogP contribution < -0.4 is 4.90 Å². The summed E-state index contributed by atoms with van der Waals surface area (Å²) < 4.78 is 0. The number of piperidine rings is 1. The number of carbonyl (C=O) groups excluding carboxylic acids is 1. The molecule has 166 valence electrons. The van der Waals surface area contributed by atoms with Crippen LogP contribution in [0.4, 0.5) is 5.82 Å². The van der Waals surface area contributed by atoms with E-state index in [0.717, 1.165) is 41.9 Å². The molecule has 6 rings (SSSR count). The van der Waals surface area contributed by atoms with E-state index in [2.05, 4.69) is 20.1 Å². The number of hydrogen-bond acceptors (Lipinski definition) is 6. The third-order valence-electron chi connectivity index (χ3n) is 6.64. The van der Waals surface area contributed by atoms with Crippen molar-refractivity contribution in [2.45, 2.75) is 19.4 Å². The highest BCUT2D eigenvalue weighted by molar-refractivity contribution is 6.31. The number of halogens is 1. The summed E-state index contributed by atoms with van der Waals surface area (Å²) >= 11 is 6.08. The number of aryl methyl sites for hydroxylation is 1. The van der Waals surface area contributed by atoms with Gasteiger partial charge in [-0.1, -0.05) is 23.2 Å². The maximum absolute atomic E-state index is 13.6. The zero-order chi connectivity index (χ0) is 22.5. The molecule has 0 aliphatic carbocycles. The zero-order valence-electron chi connectivity index (χ0n) is 18.1. The lowest BCUT2D eigenvalue weighted by Gasteiger charge is -2.53. The van der Waals surface area contributed by atoms with Gasteiger partial charge in [0.2, 0.25) is 0 Å². The maximum atomic E-state index is 13.6. The molecule has 1 amide bonds. The van der Waals surface area contributed by atoms with Crippen molar-refractivity contribution in [2.24, 2.45) is 5.92 Å². The third kappa shape index (κ3) is 3.51. The number of benzene rings is 2. The van der Waals surface area contributed by atoms with Crippen molar-refractivity contribution in [1.82, 2.24) is 29.9 Å². The lowest BCUT2D eigenvalue weighted by molar-refractivity contribution is 0.0591. The minimum absolute atomic E-state index is 0.00976. The Morgan fingerprint density at radius 3 is 2.76 bits per heavy atom. The van der Waals surface area contributed by atoms with Gasteiger partial charge in [0, 0.05) is 30.6 Å². The van der Waals surface area contributed by atoms with Crippen LogP contribution in [0.15, 0.2) is 55.0 Å². The summed E-state index contributed by atoms with van der Waals surface area (Å²) in [6, 6.07) is 11.6. The lowest BCUT2D eigenvalue weighted by atomic mass is 9.82. The number of nitrogens with zero attached hydrogens (tertiary/aromatic N) is 7. The van der Waals surface area contributed by atoms with E-state index in [1.54, 1.807) is 18.6 Å². The number of likely N-dealkylation sites (tertiary alicyclic amines) is 1. The van der Waals surface area contributed by atoms with E-state index in [0.29, 0.717) is 28.7 Å². The van der Waals surface area contributed by atoms with Gasteiger partial charge in [-0.05, 0) is 43.7 Å². The number of rotatable bonds is 3. The molecular weight excluding hydrogens is 438 g/mol. The molecular formula is C24H22ClN7O. The molecule has 4 heterocycles. The Hall–Kier alpha value is -3.52. The van der Waals surface area contributed by atoms with Gasteiger partial charge in [-0.3, -0.25) is 9.78 Å². The molecule has 2 atom stereocenters. The summed E-state index contributed by atoms with van der Waals surface area (Å²) in [5.74, 6) is 1.41. The molecule has 0 spiro atoms. The fraction of sp³-hybridized carbons (Fsp3) is 0.292. The lowest BCUT2D eigenvalue weighted by Crippen LogP contribution is -2.65. The average Bonchev–Trinajstić information content (AvgIpc) is 3.34. The highest BCUT2D eigenvalue weighted by Crippen LogP contribution is 2.36. The highest BCUT2D eigenvalue weighted by atomic mass is 35.5. The standard InChI is InChI=1S/C24H22ClN7O/c1-15-2-5-21(32-27-7-8-28-32)18(10-15)24(33)30-9-6-16-13-31(22(16)14-30)23-12-26-20-11-17(25)3-4-19(20)29-23/h2-5,7-8,10-12,16,22H,6,9,13-14H2,1H3/t16-,22-/m0/s1. The van der Waals surface area contributed by atoms with Gasteiger partial charge in [0.15, 0.2) is 0 Å². The van der Waals surface area contributed by atoms with Gasteiger partial charge >= 0.3 is 0 Å². The van der Waals surface area contributed by atoms with E-state index in [1.165, 1.54) is 4.80 Å². The molecule has 0 bridgehead atoms. The maximum Gasteiger partial charge on any atom is 0.256 e. The molecule has 0 N–H and O–H groups in total.